The van der Waals surface area contributed by atoms with Gasteiger partial charge in [0, 0.05) is 37.9 Å². The number of hydrazone groups is 1. The van der Waals surface area contributed by atoms with Crippen LogP contribution < -0.4 is 4.74 Å². The van der Waals surface area contributed by atoms with Crippen LogP contribution in [0.3, 0.4) is 0 Å². The van der Waals surface area contributed by atoms with Crippen molar-refractivity contribution in [2.24, 2.45) is 5.10 Å². The first-order valence-corrected chi connectivity index (χ1v) is 9.85. The normalized spacial score (nSPS) is 23.5. The Bertz CT molecular complexity index is 869. The van der Waals surface area contributed by atoms with Crippen molar-refractivity contribution in [1.29, 1.82) is 0 Å². The molecule has 5 nitrogen and oxygen atoms in total. The fraction of sp³-hybridized carbons (Fsp3) is 0.409. The SMILES string of the molecule is CCN1CCC2(CC1)Oc1ccccc1[C@@H]1CC(c3ccc(O)cc3)=NN12. The lowest BCUT2D eigenvalue weighted by molar-refractivity contribution is -0.149. The van der Waals surface area contributed by atoms with Crippen LogP contribution >= 0.6 is 0 Å². The molecule has 2 aromatic rings. The van der Waals surface area contributed by atoms with Crippen LogP contribution in [0.1, 0.15) is 43.4 Å². The summed E-state index contributed by atoms with van der Waals surface area (Å²) in [4.78, 5) is 2.48. The molecule has 0 aliphatic carbocycles. The summed E-state index contributed by atoms with van der Waals surface area (Å²) in [7, 11) is 0. The quantitative estimate of drug-likeness (QED) is 0.883. The second-order valence-electron chi connectivity index (χ2n) is 7.68. The Balaban J connectivity index is 1.54. The summed E-state index contributed by atoms with van der Waals surface area (Å²) in [6, 6.07) is 16.0. The molecule has 2 aromatic carbocycles. The van der Waals surface area contributed by atoms with Gasteiger partial charge in [-0.3, -0.25) is 0 Å². The second kappa shape index (κ2) is 6.27. The summed E-state index contributed by atoms with van der Waals surface area (Å²) in [6.45, 7) is 5.37. The molecule has 0 amide bonds. The molecule has 3 heterocycles. The summed E-state index contributed by atoms with van der Waals surface area (Å²) in [6.07, 6.45) is 2.78. The molecular formula is C22H25N3O2. The second-order valence-corrected chi connectivity index (χ2v) is 7.68. The van der Waals surface area contributed by atoms with Crippen molar-refractivity contribution < 1.29 is 9.84 Å². The number of fused-ring (bicyclic) bond motifs is 4. The zero-order valence-electron chi connectivity index (χ0n) is 15.6. The molecule has 1 saturated heterocycles. The Labute approximate surface area is 159 Å². The molecule has 0 aromatic heterocycles. The molecule has 5 heteroatoms. The molecule has 0 saturated carbocycles. The number of para-hydroxylation sites is 1. The van der Waals surface area contributed by atoms with Crippen molar-refractivity contribution in [3.63, 3.8) is 0 Å². The number of ether oxygens (including phenoxy) is 1. The summed E-state index contributed by atoms with van der Waals surface area (Å²) in [5.74, 6) is 1.29. The van der Waals surface area contributed by atoms with Crippen molar-refractivity contribution in [1.82, 2.24) is 9.91 Å². The predicted molar refractivity (Wildman–Crippen MR) is 105 cm³/mol. The number of likely N-dealkylation sites (tertiary alicyclic amines) is 1. The van der Waals surface area contributed by atoms with E-state index in [0.29, 0.717) is 0 Å². The van der Waals surface area contributed by atoms with Gasteiger partial charge < -0.3 is 14.7 Å². The maximum atomic E-state index is 9.61. The molecule has 27 heavy (non-hydrogen) atoms. The summed E-state index contributed by atoms with van der Waals surface area (Å²) >= 11 is 0. The van der Waals surface area contributed by atoms with Crippen LogP contribution in [-0.4, -0.2) is 46.1 Å². The average Bonchev–Trinajstić information content (AvgIpc) is 3.16. The molecule has 1 spiro atoms. The van der Waals surface area contributed by atoms with Crippen LogP contribution in [0, 0.1) is 0 Å². The first-order valence-electron chi connectivity index (χ1n) is 9.85. The zero-order valence-corrected chi connectivity index (χ0v) is 15.6. The van der Waals surface area contributed by atoms with E-state index in [4.69, 9.17) is 9.84 Å². The van der Waals surface area contributed by atoms with Crippen molar-refractivity contribution in [2.75, 3.05) is 19.6 Å². The minimum Gasteiger partial charge on any atom is -0.508 e. The topological polar surface area (TPSA) is 48.3 Å². The number of hydrogen-bond donors (Lipinski definition) is 1. The summed E-state index contributed by atoms with van der Waals surface area (Å²) in [5.41, 5.74) is 3.00. The van der Waals surface area contributed by atoms with Gasteiger partial charge in [-0.2, -0.15) is 5.10 Å². The van der Waals surface area contributed by atoms with Gasteiger partial charge >= 0.3 is 0 Å². The first-order chi connectivity index (χ1) is 13.2. The van der Waals surface area contributed by atoms with Gasteiger partial charge in [-0.25, -0.2) is 5.01 Å². The van der Waals surface area contributed by atoms with E-state index >= 15 is 0 Å². The lowest BCUT2D eigenvalue weighted by Crippen LogP contribution is -2.59. The van der Waals surface area contributed by atoms with Crippen LogP contribution in [-0.2, 0) is 0 Å². The van der Waals surface area contributed by atoms with Gasteiger partial charge in [0.05, 0.1) is 11.8 Å². The molecule has 0 bridgehead atoms. The fourth-order valence-corrected chi connectivity index (χ4v) is 4.61. The maximum absolute atomic E-state index is 9.61. The molecular weight excluding hydrogens is 338 g/mol. The van der Waals surface area contributed by atoms with E-state index in [2.05, 4.69) is 41.1 Å². The third-order valence-electron chi connectivity index (χ3n) is 6.19. The van der Waals surface area contributed by atoms with E-state index < -0.39 is 0 Å². The number of hydrogen-bond acceptors (Lipinski definition) is 5. The molecule has 0 unspecified atom stereocenters. The molecule has 140 valence electrons. The van der Waals surface area contributed by atoms with Crippen molar-refractivity contribution in [3.05, 3.63) is 59.7 Å². The van der Waals surface area contributed by atoms with Crippen LogP contribution in [0.25, 0.3) is 0 Å². The largest absolute Gasteiger partial charge is 0.508 e. The number of benzene rings is 2. The molecule has 3 aliphatic rings. The molecule has 5 rings (SSSR count). The number of rotatable bonds is 2. The standard InChI is InChI=1S/C22H25N3O2/c1-2-24-13-11-22(12-14-24)25-20(18-5-3-4-6-21(18)27-22)15-19(23-25)16-7-9-17(26)10-8-16/h3-10,20,26H,2,11-15H2,1H3/t20-/m0/s1. The number of phenols is 1. The van der Waals surface area contributed by atoms with Crippen molar-refractivity contribution >= 4 is 5.71 Å². The minimum absolute atomic E-state index is 0.215. The maximum Gasteiger partial charge on any atom is 0.200 e. The number of aromatic hydroxyl groups is 1. The Morgan fingerprint density at radius 1 is 1.11 bits per heavy atom. The minimum atomic E-state index is -0.358. The fourth-order valence-electron chi connectivity index (χ4n) is 4.61. The van der Waals surface area contributed by atoms with E-state index in [1.807, 2.05) is 12.1 Å². The molecule has 0 radical (unpaired) electrons. The van der Waals surface area contributed by atoms with Crippen LogP contribution in [0.15, 0.2) is 53.6 Å². The third-order valence-corrected chi connectivity index (χ3v) is 6.19. The van der Waals surface area contributed by atoms with E-state index in [-0.39, 0.29) is 17.5 Å². The van der Waals surface area contributed by atoms with E-state index in [9.17, 15) is 5.11 Å². The lowest BCUT2D eigenvalue weighted by Gasteiger charge is -2.51. The van der Waals surface area contributed by atoms with Crippen molar-refractivity contribution in [3.8, 4) is 11.5 Å². The average molecular weight is 363 g/mol. The highest BCUT2D eigenvalue weighted by atomic mass is 16.5. The Kier molecular flexibility index (Phi) is 3.86. The van der Waals surface area contributed by atoms with Crippen LogP contribution in [0.2, 0.25) is 0 Å². The Hall–Kier alpha value is -2.53. The molecule has 1 atom stereocenters. The van der Waals surface area contributed by atoms with Crippen LogP contribution in [0.4, 0.5) is 0 Å². The van der Waals surface area contributed by atoms with E-state index in [1.165, 1.54) is 5.56 Å². The Morgan fingerprint density at radius 2 is 1.85 bits per heavy atom. The molecule has 1 fully saturated rings. The highest BCUT2D eigenvalue weighted by Crippen LogP contribution is 2.49. The predicted octanol–water partition coefficient (Wildman–Crippen LogP) is 3.75. The number of nitrogens with zero attached hydrogens (tertiary/aromatic N) is 3. The number of phenolic OH excluding ortho intramolecular Hbond substituents is 1. The van der Waals surface area contributed by atoms with Gasteiger partial charge in [0.1, 0.15) is 11.5 Å². The van der Waals surface area contributed by atoms with E-state index in [1.54, 1.807) is 12.1 Å². The lowest BCUT2D eigenvalue weighted by atomic mass is 9.91. The van der Waals surface area contributed by atoms with Crippen molar-refractivity contribution in [2.45, 2.75) is 38.0 Å². The molecule has 1 N–H and O–H groups in total. The molecule has 3 aliphatic heterocycles. The van der Waals surface area contributed by atoms with E-state index in [0.717, 1.165) is 55.9 Å². The first kappa shape index (κ1) is 16.6. The van der Waals surface area contributed by atoms with Gasteiger partial charge in [0.15, 0.2) is 0 Å². The third kappa shape index (κ3) is 2.69. The summed E-state index contributed by atoms with van der Waals surface area (Å²) in [5, 5.41) is 16.9. The smallest absolute Gasteiger partial charge is 0.200 e. The van der Waals surface area contributed by atoms with Gasteiger partial charge in [-0.1, -0.05) is 25.1 Å². The Morgan fingerprint density at radius 3 is 2.59 bits per heavy atom. The van der Waals surface area contributed by atoms with Gasteiger partial charge in [0.2, 0.25) is 5.72 Å². The summed E-state index contributed by atoms with van der Waals surface area (Å²) < 4.78 is 6.62. The highest BCUT2D eigenvalue weighted by molar-refractivity contribution is 6.02. The van der Waals surface area contributed by atoms with Crippen LogP contribution in [0.5, 0.6) is 11.5 Å². The van der Waals surface area contributed by atoms with Gasteiger partial charge in [0.25, 0.3) is 0 Å². The van der Waals surface area contributed by atoms with Gasteiger partial charge in [-0.15, -0.1) is 0 Å². The zero-order chi connectivity index (χ0) is 18.4. The monoisotopic (exact) mass is 363 g/mol. The highest BCUT2D eigenvalue weighted by Gasteiger charge is 2.51. The van der Waals surface area contributed by atoms with Gasteiger partial charge in [-0.05, 0) is 42.4 Å². The number of piperidine rings is 1.